The molecule has 1 N–H and O–H groups in total. The molecular formula is C23H20INO4. The van der Waals surface area contributed by atoms with E-state index in [2.05, 4.69) is 5.32 Å². The van der Waals surface area contributed by atoms with Crippen molar-refractivity contribution in [2.75, 3.05) is 5.32 Å². The molecule has 0 saturated heterocycles. The number of carbonyl (C=O) groups excluding carboxylic acids is 2. The van der Waals surface area contributed by atoms with Gasteiger partial charge < -0.3 is 14.5 Å². The molecule has 29 heavy (non-hydrogen) atoms. The van der Waals surface area contributed by atoms with E-state index in [1.54, 1.807) is 36.4 Å². The number of hydrogen-bond acceptors (Lipinski definition) is 4. The minimum Gasteiger partial charge on any atom is -0.451 e. The SMILES string of the molecule is Cc1cc(C)cc(NC(=O)[C@@H](OC(=O)/C=C/c2ccc(I)o2)c2ccccc2)c1. The molecule has 3 rings (SSSR count). The normalized spacial score (nSPS) is 12.0. The second kappa shape index (κ2) is 9.56. The van der Waals surface area contributed by atoms with Crippen LogP contribution >= 0.6 is 22.6 Å². The summed E-state index contributed by atoms with van der Waals surface area (Å²) in [6, 6.07) is 18.2. The zero-order valence-electron chi connectivity index (χ0n) is 16.0. The second-order valence-electron chi connectivity index (χ2n) is 6.57. The summed E-state index contributed by atoms with van der Waals surface area (Å²) in [5, 5.41) is 2.84. The maximum atomic E-state index is 12.9. The van der Waals surface area contributed by atoms with Crippen molar-refractivity contribution in [2.45, 2.75) is 20.0 Å². The number of carbonyl (C=O) groups is 2. The number of benzene rings is 2. The molecule has 0 bridgehead atoms. The fourth-order valence-electron chi connectivity index (χ4n) is 2.88. The lowest BCUT2D eigenvalue weighted by molar-refractivity contribution is -0.149. The summed E-state index contributed by atoms with van der Waals surface area (Å²) in [6.07, 6.45) is 1.68. The lowest BCUT2D eigenvalue weighted by atomic mass is 10.1. The van der Waals surface area contributed by atoms with Gasteiger partial charge in [0.05, 0.1) is 0 Å². The molecule has 0 aliphatic carbocycles. The molecule has 0 unspecified atom stereocenters. The van der Waals surface area contributed by atoms with E-state index in [0.717, 1.165) is 11.1 Å². The highest BCUT2D eigenvalue weighted by molar-refractivity contribution is 14.1. The molecule has 2 aromatic carbocycles. The molecule has 0 aliphatic heterocycles. The van der Waals surface area contributed by atoms with E-state index in [0.29, 0.717) is 20.8 Å². The molecule has 1 atom stereocenters. The maximum Gasteiger partial charge on any atom is 0.332 e. The van der Waals surface area contributed by atoms with Crippen molar-refractivity contribution in [3.8, 4) is 0 Å². The van der Waals surface area contributed by atoms with Gasteiger partial charge in [0.25, 0.3) is 5.91 Å². The standard InChI is InChI=1S/C23H20INO4/c1-15-12-16(2)14-18(13-15)25-23(27)22(17-6-4-3-5-7-17)29-21(26)11-9-19-8-10-20(24)28-19/h3-14,22H,1-2H3,(H,25,27)/b11-9+/t22-/m0/s1. The summed E-state index contributed by atoms with van der Waals surface area (Å²) in [5.74, 6) is -0.529. The molecule has 0 spiro atoms. The lowest BCUT2D eigenvalue weighted by Crippen LogP contribution is -2.25. The fourth-order valence-corrected chi connectivity index (χ4v) is 3.31. The highest BCUT2D eigenvalue weighted by Crippen LogP contribution is 2.22. The van der Waals surface area contributed by atoms with E-state index in [9.17, 15) is 9.59 Å². The number of rotatable bonds is 6. The number of amides is 1. The Labute approximate surface area is 182 Å². The second-order valence-corrected chi connectivity index (χ2v) is 7.63. The molecule has 0 radical (unpaired) electrons. The summed E-state index contributed by atoms with van der Waals surface area (Å²) in [7, 11) is 0. The zero-order chi connectivity index (χ0) is 20.8. The number of esters is 1. The van der Waals surface area contributed by atoms with E-state index in [-0.39, 0.29) is 0 Å². The van der Waals surface area contributed by atoms with Crippen molar-refractivity contribution in [2.24, 2.45) is 0 Å². The minimum absolute atomic E-state index is 0.421. The van der Waals surface area contributed by atoms with Crippen LogP contribution in [0.3, 0.4) is 0 Å². The average molecular weight is 501 g/mol. The van der Waals surface area contributed by atoms with Crippen LogP contribution in [0.25, 0.3) is 6.08 Å². The van der Waals surface area contributed by atoms with Crippen LogP contribution in [-0.4, -0.2) is 11.9 Å². The Hall–Kier alpha value is -2.87. The molecule has 1 amide bonds. The first-order valence-electron chi connectivity index (χ1n) is 8.99. The van der Waals surface area contributed by atoms with Crippen molar-refractivity contribution in [3.05, 3.63) is 93.0 Å². The first kappa shape index (κ1) is 20.9. The number of halogens is 1. The topological polar surface area (TPSA) is 68.5 Å². The van der Waals surface area contributed by atoms with Crippen molar-refractivity contribution in [3.63, 3.8) is 0 Å². The Morgan fingerprint density at radius 1 is 1.03 bits per heavy atom. The highest BCUT2D eigenvalue weighted by atomic mass is 127. The molecule has 5 nitrogen and oxygen atoms in total. The van der Waals surface area contributed by atoms with E-state index in [1.807, 2.05) is 60.7 Å². The Balaban J connectivity index is 1.78. The van der Waals surface area contributed by atoms with Gasteiger partial charge in [-0.1, -0.05) is 36.4 Å². The first-order chi connectivity index (χ1) is 13.9. The molecule has 6 heteroatoms. The quantitative estimate of drug-likeness (QED) is 0.278. The molecular weight excluding hydrogens is 481 g/mol. The van der Waals surface area contributed by atoms with Gasteiger partial charge >= 0.3 is 5.97 Å². The highest BCUT2D eigenvalue weighted by Gasteiger charge is 2.24. The molecule has 148 valence electrons. The van der Waals surface area contributed by atoms with Crippen LogP contribution in [0.2, 0.25) is 0 Å². The smallest absolute Gasteiger partial charge is 0.332 e. The minimum atomic E-state index is -1.08. The third-order valence-corrected chi connectivity index (χ3v) is 4.62. The van der Waals surface area contributed by atoms with Crippen LogP contribution in [0.1, 0.15) is 28.6 Å². The third-order valence-electron chi connectivity index (χ3n) is 4.04. The number of hydrogen-bond donors (Lipinski definition) is 1. The Morgan fingerprint density at radius 3 is 2.34 bits per heavy atom. The molecule has 0 fully saturated rings. The Bertz CT molecular complexity index is 1020. The molecule has 0 aliphatic rings. The van der Waals surface area contributed by atoms with Gasteiger partial charge in [-0.05, 0) is 77.9 Å². The fraction of sp³-hybridized carbons (Fsp3) is 0.130. The monoisotopic (exact) mass is 501 g/mol. The van der Waals surface area contributed by atoms with Crippen LogP contribution in [0, 0.1) is 17.6 Å². The summed E-state index contributed by atoms with van der Waals surface area (Å²) in [6.45, 7) is 3.91. The zero-order valence-corrected chi connectivity index (χ0v) is 18.2. The van der Waals surface area contributed by atoms with E-state index < -0.39 is 18.0 Å². The van der Waals surface area contributed by atoms with Gasteiger partial charge in [-0.2, -0.15) is 0 Å². The van der Waals surface area contributed by atoms with Gasteiger partial charge in [0.1, 0.15) is 5.76 Å². The maximum absolute atomic E-state index is 12.9. The van der Waals surface area contributed by atoms with Crippen molar-refractivity contribution in [1.82, 2.24) is 0 Å². The van der Waals surface area contributed by atoms with Gasteiger partial charge in [0.2, 0.25) is 6.10 Å². The van der Waals surface area contributed by atoms with Gasteiger partial charge in [-0.3, -0.25) is 4.79 Å². The predicted octanol–water partition coefficient (Wildman–Crippen LogP) is 5.44. The number of aryl methyl sites for hydroxylation is 2. The van der Waals surface area contributed by atoms with Crippen LogP contribution in [0.15, 0.2) is 71.2 Å². The van der Waals surface area contributed by atoms with Gasteiger partial charge in [0, 0.05) is 17.3 Å². The predicted molar refractivity (Wildman–Crippen MR) is 120 cm³/mol. The number of nitrogens with one attached hydrogen (secondary N) is 1. The number of anilines is 1. The lowest BCUT2D eigenvalue weighted by Gasteiger charge is -2.17. The van der Waals surface area contributed by atoms with Crippen molar-refractivity contribution < 1.29 is 18.7 Å². The van der Waals surface area contributed by atoms with Crippen LogP contribution in [-0.2, 0) is 14.3 Å². The third kappa shape index (κ3) is 6.05. The van der Waals surface area contributed by atoms with Crippen LogP contribution in [0.5, 0.6) is 0 Å². The average Bonchev–Trinajstić information content (AvgIpc) is 3.09. The molecule has 3 aromatic rings. The number of ether oxygens (including phenoxy) is 1. The summed E-state index contributed by atoms with van der Waals surface area (Å²) in [4.78, 5) is 25.3. The van der Waals surface area contributed by atoms with Gasteiger partial charge in [-0.25, -0.2) is 4.79 Å². The van der Waals surface area contributed by atoms with Gasteiger partial charge in [-0.15, -0.1) is 0 Å². The van der Waals surface area contributed by atoms with Gasteiger partial charge in [0.15, 0.2) is 3.77 Å². The largest absolute Gasteiger partial charge is 0.451 e. The Kier molecular flexibility index (Phi) is 6.87. The molecule has 1 aromatic heterocycles. The number of furan rings is 1. The van der Waals surface area contributed by atoms with E-state index in [4.69, 9.17) is 9.15 Å². The first-order valence-corrected chi connectivity index (χ1v) is 10.1. The van der Waals surface area contributed by atoms with Crippen LogP contribution in [0.4, 0.5) is 5.69 Å². The van der Waals surface area contributed by atoms with Crippen molar-refractivity contribution >= 4 is 46.2 Å². The van der Waals surface area contributed by atoms with Crippen molar-refractivity contribution in [1.29, 1.82) is 0 Å². The summed E-state index contributed by atoms with van der Waals surface area (Å²) in [5.41, 5.74) is 3.31. The molecule has 1 heterocycles. The van der Waals surface area contributed by atoms with E-state index >= 15 is 0 Å². The van der Waals surface area contributed by atoms with E-state index in [1.165, 1.54) is 12.2 Å². The summed E-state index contributed by atoms with van der Waals surface area (Å²) >= 11 is 2.04. The summed E-state index contributed by atoms with van der Waals surface area (Å²) < 4.78 is 11.6. The Morgan fingerprint density at radius 2 is 1.72 bits per heavy atom. The molecule has 0 saturated carbocycles. The van der Waals surface area contributed by atoms with Crippen LogP contribution < -0.4 is 5.32 Å².